The molecular weight excluding hydrogens is 352 g/mol. The van der Waals surface area contributed by atoms with Gasteiger partial charge in [0, 0.05) is 17.1 Å². The molecule has 1 aromatic heterocycles. The molecule has 26 heavy (non-hydrogen) atoms. The Labute approximate surface area is 158 Å². The van der Waals surface area contributed by atoms with Crippen LogP contribution >= 0.6 is 11.3 Å². The molecule has 1 aromatic rings. The van der Waals surface area contributed by atoms with Gasteiger partial charge in [0.1, 0.15) is 6.54 Å². The maximum Gasteiger partial charge on any atom is 0.326 e. The third-order valence-corrected chi connectivity index (χ3v) is 6.62. The quantitative estimate of drug-likeness (QED) is 0.736. The molecule has 1 fully saturated rings. The number of aryl methyl sites for hydroxylation is 1. The Morgan fingerprint density at radius 1 is 1.31 bits per heavy atom. The Kier molecular flexibility index (Phi) is 7.03. The lowest BCUT2D eigenvalue weighted by molar-refractivity contribution is -0.149. The van der Waals surface area contributed by atoms with Crippen LogP contribution in [-0.4, -0.2) is 29.1 Å². The lowest BCUT2D eigenvalue weighted by Crippen LogP contribution is -2.41. The minimum absolute atomic E-state index is 0.154. The lowest BCUT2D eigenvalue weighted by atomic mass is 9.69. The molecule has 0 spiro atoms. The highest BCUT2D eigenvalue weighted by molar-refractivity contribution is 7.07. The fourth-order valence-corrected chi connectivity index (χ4v) is 4.23. The molecule has 2 rings (SSSR count). The van der Waals surface area contributed by atoms with Crippen molar-refractivity contribution in [3.63, 3.8) is 0 Å². The van der Waals surface area contributed by atoms with Crippen molar-refractivity contribution in [3.8, 4) is 0 Å². The number of nitrogens with one attached hydrogen (secondary N) is 1. The molecule has 0 bridgehead atoms. The maximum atomic E-state index is 12.0. The fraction of sp³-hybridized carbons (Fsp3) is 0.737. The van der Waals surface area contributed by atoms with Gasteiger partial charge in [0.15, 0.2) is 6.61 Å². The van der Waals surface area contributed by atoms with E-state index < -0.39 is 5.97 Å². The van der Waals surface area contributed by atoms with E-state index in [-0.39, 0.29) is 30.0 Å². The number of hydrogen-bond donors (Lipinski definition) is 1. The first kappa shape index (κ1) is 20.7. The molecule has 0 aromatic carbocycles. The van der Waals surface area contributed by atoms with Gasteiger partial charge in [-0.15, -0.1) is 0 Å². The van der Waals surface area contributed by atoms with Gasteiger partial charge in [0.2, 0.25) is 0 Å². The second-order valence-electron chi connectivity index (χ2n) is 7.85. The minimum atomic E-state index is -0.572. The first-order chi connectivity index (χ1) is 12.2. The number of ether oxygens (including phenoxy) is 1. The van der Waals surface area contributed by atoms with Crippen molar-refractivity contribution in [1.29, 1.82) is 0 Å². The number of hydrogen-bond acceptors (Lipinski definition) is 5. The Balaban J connectivity index is 1.71. The summed E-state index contributed by atoms with van der Waals surface area (Å²) in [6.07, 6.45) is 5.34. The van der Waals surface area contributed by atoms with Gasteiger partial charge in [-0.1, -0.05) is 38.5 Å². The third-order valence-electron chi connectivity index (χ3n) is 5.74. The Bertz CT molecular complexity index is 684. The molecule has 1 aliphatic rings. The summed E-state index contributed by atoms with van der Waals surface area (Å²) in [5, 5.41) is 4.66. The molecule has 1 heterocycles. The molecule has 6 nitrogen and oxygen atoms in total. The van der Waals surface area contributed by atoms with Crippen LogP contribution in [0.15, 0.2) is 10.2 Å². The van der Waals surface area contributed by atoms with Crippen molar-refractivity contribution in [2.24, 2.45) is 11.3 Å². The fourth-order valence-electron chi connectivity index (χ4n) is 3.49. The largest absolute Gasteiger partial charge is 0.454 e. The average molecular weight is 383 g/mol. The van der Waals surface area contributed by atoms with Crippen molar-refractivity contribution in [2.45, 2.75) is 72.4 Å². The van der Waals surface area contributed by atoms with Gasteiger partial charge < -0.3 is 10.1 Å². The topological polar surface area (TPSA) is 77.4 Å². The van der Waals surface area contributed by atoms with E-state index in [1.165, 1.54) is 4.57 Å². The van der Waals surface area contributed by atoms with Crippen molar-refractivity contribution >= 4 is 23.2 Å². The highest BCUT2D eigenvalue weighted by Gasteiger charge is 2.32. The van der Waals surface area contributed by atoms with Crippen LogP contribution in [0.3, 0.4) is 0 Å². The summed E-state index contributed by atoms with van der Waals surface area (Å²) in [6.45, 7) is 8.17. The van der Waals surface area contributed by atoms with E-state index in [0.717, 1.165) is 43.4 Å². The lowest BCUT2D eigenvalue weighted by Gasteiger charge is -2.39. The smallest absolute Gasteiger partial charge is 0.326 e. The second kappa shape index (κ2) is 8.84. The molecule has 0 unspecified atom stereocenters. The number of esters is 1. The van der Waals surface area contributed by atoms with E-state index in [2.05, 4.69) is 26.1 Å². The number of thiazole rings is 1. The first-order valence-corrected chi connectivity index (χ1v) is 10.2. The van der Waals surface area contributed by atoms with E-state index in [0.29, 0.717) is 17.0 Å². The SMILES string of the molecule is CCC(C)(C)C1CCC(NC(=O)COC(=O)Cn2c(C)csc2=O)CC1. The number of nitrogens with zero attached hydrogens (tertiary/aromatic N) is 1. The molecule has 1 saturated carbocycles. The van der Waals surface area contributed by atoms with Gasteiger partial charge in [-0.25, -0.2) is 0 Å². The average Bonchev–Trinajstić information content (AvgIpc) is 2.92. The standard InChI is InChI=1S/C19H30N2O4S/c1-5-19(3,4)14-6-8-15(9-7-14)20-16(22)11-25-17(23)10-21-13(2)12-26-18(21)24/h12,14-15H,5-11H2,1-4H3,(H,20,22). The van der Waals surface area contributed by atoms with Gasteiger partial charge in [-0.2, -0.15) is 0 Å². The monoisotopic (exact) mass is 382 g/mol. The van der Waals surface area contributed by atoms with Gasteiger partial charge >= 0.3 is 10.8 Å². The van der Waals surface area contributed by atoms with Crippen LogP contribution in [0.2, 0.25) is 0 Å². The Hall–Kier alpha value is -1.63. The van der Waals surface area contributed by atoms with E-state index in [9.17, 15) is 14.4 Å². The summed E-state index contributed by atoms with van der Waals surface area (Å²) >= 11 is 1.04. The number of amides is 1. The predicted octanol–water partition coefficient (Wildman–Crippen LogP) is 2.87. The summed E-state index contributed by atoms with van der Waals surface area (Å²) in [4.78, 5) is 35.3. The summed E-state index contributed by atoms with van der Waals surface area (Å²) < 4.78 is 6.36. The second-order valence-corrected chi connectivity index (χ2v) is 8.67. The predicted molar refractivity (Wildman–Crippen MR) is 102 cm³/mol. The first-order valence-electron chi connectivity index (χ1n) is 9.33. The summed E-state index contributed by atoms with van der Waals surface area (Å²) in [6, 6.07) is 0.159. The Morgan fingerprint density at radius 2 is 1.96 bits per heavy atom. The summed E-state index contributed by atoms with van der Waals surface area (Å²) in [7, 11) is 0. The highest BCUT2D eigenvalue weighted by Crippen LogP contribution is 2.40. The van der Waals surface area contributed by atoms with Gasteiger partial charge in [-0.3, -0.25) is 19.0 Å². The minimum Gasteiger partial charge on any atom is -0.454 e. The van der Waals surface area contributed by atoms with E-state index >= 15 is 0 Å². The van der Waals surface area contributed by atoms with Gasteiger partial charge in [0.25, 0.3) is 5.91 Å². The van der Waals surface area contributed by atoms with Gasteiger partial charge in [-0.05, 0) is 43.9 Å². The number of carbonyl (C=O) groups is 2. The van der Waals surface area contributed by atoms with Crippen LogP contribution in [0.5, 0.6) is 0 Å². The normalized spacial score (nSPS) is 20.6. The Morgan fingerprint density at radius 3 is 2.50 bits per heavy atom. The zero-order chi connectivity index (χ0) is 19.3. The van der Waals surface area contributed by atoms with Crippen LogP contribution in [0.1, 0.15) is 58.6 Å². The number of rotatable bonds is 7. The summed E-state index contributed by atoms with van der Waals surface area (Å²) in [5.74, 6) is -0.145. The van der Waals surface area contributed by atoms with Crippen LogP contribution in [0, 0.1) is 18.3 Å². The van der Waals surface area contributed by atoms with Crippen molar-refractivity contribution in [1.82, 2.24) is 9.88 Å². The molecule has 146 valence electrons. The molecule has 1 amide bonds. The van der Waals surface area contributed by atoms with Crippen molar-refractivity contribution in [2.75, 3.05) is 6.61 Å². The van der Waals surface area contributed by atoms with Gasteiger partial charge in [0.05, 0.1) is 0 Å². The van der Waals surface area contributed by atoms with Crippen LogP contribution in [0.4, 0.5) is 0 Å². The molecule has 0 atom stereocenters. The van der Waals surface area contributed by atoms with E-state index in [1.807, 2.05) is 0 Å². The highest BCUT2D eigenvalue weighted by atomic mass is 32.1. The maximum absolute atomic E-state index is 12.0. The third kappa shape index (κ3) is 5.43. The zero-order valence-corrected chi connectivity index (χ0v) is 17.0. The molecule has 1 N–H and O–H groups in total. The van der Waals surface area contributed by atoms with Crippen LogP contribution < -0.4 is 10.2 Å². The van der Waals surface area contributed by atoms with Crippen molar-refractivity contribution < 1.29 is 14.3 Å². The molecule has 7 heteroatoms. The molecule has 0 aliphatic heterocycles. The summed E-state index contributed by atoms with van der Waals surface area (Å²) in [5.41, 5.74) is 1.07. The van der Waals surface area contributed by atoms with E-state index in [4.69, 9.17) is 4.74 Å². The van der Waals surface area contributed by atoms with Crippen molar-refractivity contribution in [3.05, 3.63) is 20.7 Å². The van der Waals surface area contributed by atoms with Crippen LogP contribution in [0.25, 0.3) is 0 Å². The molecule has 0 saturated heterocycles. The molecule has 0 radical (unpaired) electrons. The zero-order valence-electron chi connectivity index (χ0n) is 16.2. The number of aromatic nitrogens is 1. The van der Waals surface area contributed by atoms with Crippen LogP contribution in [-0.2, 0) is 20.9 Å². The molecule has 1 aliphatic carbocycles. The number of carbonyl (C=O) groups excluding carboxylic acids is 2. The molecular formula is C19H30N2O4S. The van der Waals surface area contributed by atoms with E-state index in [1.54, 1.807) is 12.3 Å².